The van der Waals surface area contributed by atoms with E-state index in [4.69, 9.17) is 4.98 Å². The van der Waals surface area contributed by atoms with Crippen molar-refractivity contribution in [2.45, 2.75) is 12.5 Å². The Balaban J connectivity index is 1.56. The van der Waals surface area contributed by atoms with Crippen molar-refractivity contribution in [1.29, 1.82) is 0 Å². The first-order valence-electron chi connectivity index (χ1n) is 9.30. The highest BCUT2D eigenvalue weighted by Crippen LogP contribution is 2.34. The molecule has 0 saturated heterocycles. The fourth-order valence-electron chi connectivity index (χ4n) is 3.93. The molecule has 0 radical (unpaired) electrons. The number of fused-ring (bicyclic) bond motifs is 2. The molecule has 28 heavy (non-hydrogen) atoms. The number of aromatic hydroxyl groups is 1. The zero-order valence-electron chi connectivity index (χ0n) is 15.2. The molecule has 5 heteroatoms. The summed E-state index contributed by atoms with van der Waals surface area (Å²) in [5.74, 6) is 0.711. The van der Waals surface area contributed by atoms with Gasteiger partial charge in [0, 0.05) is 24.2 Å². The van der Waals surface area contributed by atoms with Gasteiger partial charge in [0.1, 0.15) is 11.6 Å². The highest BCUT2D eigenvalue weighted by molar-refractivity contribution is 5.98. The molecule has 4 aromatic rings. The standard InChI is InChI=1S/C23H19N3O2/c27-21-12-6-3-9-17(21)18(22-24-19-10-4-5-11-20(19)25-22)14-26-13-15-7-1-2-8-16(15)23(26)28/h1-12,18,27H,13-14H2,(H,24,25). The summed E-state index contributed by atoms with van der Waals surface area (Å²) in [6.45, 7) is 1.00. The summed E-state index contributed by atoms with van der Waals surface area (Å²) in [4.78, 5) is 22.8. The minimum Gasteiger partial charge on any atom is -0.508 e. The van der Waals surface area contributed by atoms with Crippen LogP contribution in [0.4, 0.5) is 0 Å². The Hall–Kier alpha value is -3.60. The zero-order valence-corrected chi connectivity index (χ0v) is 15.2. The van der Waals surface area contributed by atoms with E-state index < -0.39 is 0 Å². The Morgan fingerprint density at radius 1 is 1.00 bits per heavy atom. The summed E-state index contributed by atoms with van der Waals surface area (Å²) < 4.78 is 0. The van der Waals surface area contributed by atoms with Gasteiger partial charge in [-0.1, -0.05) is 48.5 Å². The summed E-state index contributed by atoms with van der Waals surface area (Å²) in [6.07, 6.45) is 0. The second kappa shape index (κ2) is 6.53. The highest BCUT2D eigenvalue weighted by atomic mass is 16.3. The quantitative estimate of drug-likeness (QED) is 0.570. The average molecular weight is 369 g/mol. The van der Waals surface area contributed by atoms with Gasteiger partial charge in [-0.3, -0.25) is 4.79 Å². The number of amides is 1. The van der Waals surface area contributed by atoms with Gasteiger partial charge in [-0.15, -0.1) is 0 Å². The molecule has 1 unspecified atom stereocenters. The molecule has 0 spiro atoms. The number of hydrogen-bond donors (Lipinski definition) is 2. The predicted molar refractivity (Wildman–Crippen MR) is 107 cm³/mol. The number of aromatic amines is 1. The van der Waals surface area contributed by atoms with E-state index in [0.29, 0.717) is 13.1 Å². The first kappa shape index (κ1) is 16.6. The van der Waals surface area contributed by atoms with E-state index in [1.807, 2.05) is 65.6 Å². The lowest BCUT2D eigenvalue weighted by atomic mass is 9.96. The van der Waals surface area contributed by atoms with Gasteiger partial charge in [-0.25, -0.2) is 4.98 Å². The van der Waals surface area contributed by atoms with E-state index in [1.54, 1.807) is 12.1 Å². The van der Waals surface area contributed by atoms with Crippen LogP contribution in [0, 0.1) is 0 Å². The summed E-state index contributed by atoms with van der Waals surface area (Å²) in [5, 5.41) is 10.5. The molecule has 2 heterocycles. The number of para-hydroxylation sites is 3. The van der Waals surface area contributed by atoms with Crippen molar-refractivity contribution in [2.24, 2.45) is 0 Å². The fraction of sp³-hybridized carbons (Fsp3) is 0.130. The molecule has 0 aliphatic carbocycles. The largest absolute Gasteiger partial charge is 0.508 e. The third-order valence-electron chi connectivity index (χ3n) is 5.35. The molecule has 0 bridgehead atoms. The van der Waals surface area contributed by atoms with Crippen LogP contribution in [-0.2, 0) is 6.54 Å². The number of rotatable bonds is 4. The maximum atomic E-state index is 12.9. The van der Waals surface area contributed by atoms with Crippen molar-refractivity contribution >= 4 is 16.9 Å². The van der Waals surface area contributed by atoms with Crippen LogP contribution in [0.2, 0.25) is 0 Å². The highest BCUT2D eigenvalue weighted by Gasteiger charge is 2.31. The van der Waals surface area contributed by atoms with Gasteiger partial charge in [0.15, 0.2) is 0 Å². The lowest BCUT2D eigenvalue weighted by Crippen LogP contribution is -2.30. The molecular formula is C23H19N3O2. The lowest BCUT2D eigenvalue weighted by molar-refractivity contribution is 0.0772. The second-order valence-corrected chi connectivity index (χ2v) is 7.09. The smallest absolute Gasteiger partial charge is 0.254 e. The second-order valence-electron chi connectivity index (χ2n) is 7.09. The fourth-order valence-corrected chi connectivity index (χ4v) is 3.93. The molecule has 0 fully saturated rings. The Morgan fingerprint density at radius 3 is 2.57 bits per heavy atom. The molecule has 1 aliphatic rings. The maximum absolute atomic E-state index is 12.9. The number of nitrogens with zero attached hydrogens (tertiary/aromatic N) is 2. The molecule has 1 amide bonds. The van der Waals surface area contributed by atoms with E-state index in [1.165, 1.54) is 0 Å². The number of phenols is 1. The minimum atomic E-state index is -0.258. The van der Waals surface area contributed by atoms with E-state index in [-0.39, 0.29) is 17.6 Å². The van der Waals surface area contributed by atoms with Crippen LogP contribution in [0.25, 0.3) is 11.0 Å². The number of carbonyl (C=O) groups excluding carboxylic acids is 1. The number of hydrogen-bond acceptors (Lipinski definition) is 3. The van der Waals surface area contributed by atoms with Crippen LogP contribution < -0.4 is 0 Å². The van der Waals surface area contributed by atoms with E-state index in [2.05, 4.69) is 4.98 Å². The Bertz CT molecular complexity index is 1150. The number of nitrogens with one attached hydrogen (secondary N) is 1. The van der Waals surface area contributed by atoms with Gasteiger partial charge >= 0.3 is 0 Å². The van der Waals surface area contributed by atoms with Crippen molar-refractivity contribution in [3.63, 3.8) is 0 Å². The predicted octanol–water partition coefficient (Wildman–Crippen LogP) is 4.06. The van der Waals surface area contributed by atoms with Crippen molar-refractivity contribution in [3.05, 3.63) is 95.3 Å². The van der Waals surface area contributed by atoms with Crippen LogP contribution in [0.15, 0.2) is 72.8 Å². The molecule has 1 aliphatic heterocycles. The maximum Gasteiger partial charge on any atom is 0.254 e. The number of carbonyl (C=O) groups is 1. The topological polar surface area (TPSA) is 69.2 Å². The molecule has 1 atom stereocenters. The molecule has 5 rings (SSSR count). The molecular weight excluding hydrogens is 350 g/mol. The minimum absolute atomic E-state index is 0.0205. The monoisotopic (exact) mass is 369 g/mol. The van der Waals surface area contributed by atoms with Gasteiger partial charge < -0.3 is 15.0 Å². The average Bonchev–Trinajstić information content (AvgIpc) is 3.28. The van der Waals surface area contributed by atoms with E-state index in [9.17, 15) is 9.90 Å². The molecule has 5 nitrogen and oxygen atoms in total. The Morgan fingerprint density at radius 2 is 1.75 bits per heavy atom. The van der Waals surface area contributed by atoms with E-state index >= 15 is 0 Å². The summed E-state index contributed by atoms with van der Waals surface area (Å²) in [6, 6.07) is 22.8. The molecule has 1 aromatic heterocycles. The van der Waals surface area contributed by atoms with Crippen LogP contribution in [0.5, 0.6) is 5.75 Å². The van der Waals surface area contributed by atoms with Crippen LogP contribution >= 0.6 is 0 Å². The number of benzene rings is 3. The first-order chi connectivity index (χ1) is 13.7. The number of H-pyrrole nitrogens is 1. The summed E-state index contributed by atoms with van der Waals surface area (Å²) >= 11 is 0. The van der Waals surface area contributed by atoms with Gasteiger partial charge in [-0.2, -0.15) is 0 Å². The van der Waals surface area contributed by atoms with Crippen molar-refractivity contribution in [3.8, 4) is 5.75 Å². The van der Waals surface area contributed by atoms with Gasteiger partial charge in [-0.05, 0) is 29.8 Å². The first-order valence-corrected chi connectivity index (χ1v) is 9.30. The van der Waals surface area contributed by atoms with Crippen LogP contribution in [-0.4, -0.2) is 32.4 Å². The van der Waals surface area contributed by atoms with Gasteiger partial charge in [0.25, 0.3) is 5.91 Å². The lowest BCUT2D eigenvalue weighted by Gasteiger charge is -2.23. The molecule has 2 N–H and O–H groups in total. The van der Waals surface area contributed by atoms with Crippen molar-refractivity contribution in [2.75, 3.05) is 6.54 Å². The summed E-state index contributed by atoms with van der Waals surface area (Å²) in [7, 11) is 0. The third kappa shape index (κ3) is 2.72. The normalized spacial score (nSPS) is 14.4. The molecule has 0 saturated carbocycles. The SMILES string of the molecule is O=C1c2ccccc2CN1CC(c1nc2ccccc2[nH]1)c1ccccc1O. The molecule has 3 aromatic carbocycles. The zero-order chi connectivity index (χ0) is 19.1. The summed E-state index contributed by atoms with van der Waals surface area (Å²) in [5.41, 5.74) is 4.35. The Labute approximate surface area is 162 Å². The van der Waals surface area contributed by atoms with Gasteiger partial charge in [0.2, 0.25) is 0 Å². The number of imidazole rings is 1. The molecule has 138 valence electrons. The number of phenolic OH excluding ortho intramolecular Hbond substituents is 1. The number of aromatic nitrogens is 2. The van der Waals surface area contributed by atoms with E-state index in [0.717, 1.165) is 33.5 Å². The van der Waals surface area contributed by atoms with Crippen molar-refractivity contribution in [1.82, 2.24) is 14.9 Å². The van der Waals surface area contributed by atoms with Gasteiger partial charge in [0.05, 0.1) is 17.0 Å². The van der Waals surface area contributed by atoms with Crippen LogP contribution in [0.1, 0.15) is 33.2 Å². The van der Waals surface area contributed by atoms with Crippen LogP contribution in [0.3, 0.4) is 0 Å². The third-order valence-corrected chi connectivity index (χ3v) is 5.35. The van der Waals surface area contributed by atoms with Crippen molar-refractivity contribution < 1.29 is 9.90 Å². The Kier molecular flexibility index (Phi) is 3.86.